The molecule has 0 N–H and O–H groups in total. The van der Waals surface area contributed by atoms with Crippen LogP contribution in [0.1, 0.15) is 0 Å². The topological polar surface area (TPSA) is 43.6 Å². The third-order valence-corrected chi connectivity index (χ3v) is 3.66. The minimum absolute atomic E-state index is 0.387. The zero-order chi connectivity index (χ0) is 13.2. The number of rotatable bonds is 2. The molecule has 3 rings (SSSR count). The fourth-order valence-electron chi connectivity index (χ4n) is 1.65. The van der Waals surface area contributed by atoms with Gasteiger partial charge in [0, 0.05) is 12.4 Å². The first-order valence-corrected chi connectivity index (χ1v) is 6.69. The molecule has 3 aromatic rings. The molecule has 2 heterocycles. The van der Waals surface area contributed by atoms with Gasteiger partial charge < -0.3 is 0 Å². The third kappa shape index (κ3) is 2.52. The second kappa shape index (κ2) is 5.11. The Morgan fingerprint density at radius 2 is 1.89 bits per heavy atom. The largest absolute Gasteiger partial charge is 0.240 e. The summed E-state index contributed by atoms with van der Waals surface area (Å²) in [4.78, 5) is 8.42. The molecule has 1 aromatic carbocycles. The van der Waals surface area contributed by atoms with Crippen LogP contribution in [0.15, 0.2) is 53.4 Å². The normalized spacial score (nSPS) is 10.6. The van der Waals surface area contributed by atoms with Crippen LogP contribution >= 0.6 is 27.5 Å². The summed E-state index contributed by atoms with van der Waals surface area (Å²) in [7, 11) is 0. The summed E-state index contributed by atoms with van der Waals surface area (Å²) in [6.45, 7) is 0. The maximum Gasteiger partial charge on any atom is 0.164 e. The molecular weight excluding hydrogens is 328 g/mol. The molecule has 2 aromatic heterocycles. The van der Waals surface area contributed by atoms with Crippen molar-refractivity contribution >= 4 is 27.5 Å². The van der Waals surface area contributed by atoms with E-state index in [1.807, 2.05) is 36.5 Å². The summed E-state index contributed by atoms with van der Waals surface area (Å²) in [6, 6.07) is 9.84. The summed E-state index contributed by atoms with van der Waals surface area (Å²) in [5.74, 6) is 0.551. The minimum Gasteiger partial charge on any atom is -0.240 e. The Morgan fingerprint density at radius 1 is 1.11 bits per heavy atom. The van der Waals surface area contributed by atoms with Crippen molar-refractivity contribution in [1.29, 1.82) is 0 Å². The Morgan fingerprint density at radius 3 is 2.63 bits per heavy atom. The first kappa shape index (κ1) is 12.3. The van der Waals surface area contributed by atoms with Crippen LogP contribution in [0.4, 0.5) is 0 Å². The molecule has 4 nitrogen and oxygen atoms in total. The molecule has 6 heteroatoms. The lowest BCUT2D eigenvalue weighted by atomic mass is 10.3. The van der Waals surface area contributed by atoms with Crippen LogP contribution in [0, 0.1) is 0 Å². The average Bonchev–Trinajstić information content (AvgIpc) is 2.93. The lowest BCUT2D eigenvalue weighted by Crippen LogP contribution is -1.93. The van der Waals surface area contributed by atoms with Crippen molar-refractivity contribution in [2.24, 2.45) is 0 Å². The predicted octanol–water partition coefficient (Wildman–Crippen LogP) is 3.75. The van der Waals surface area contributed by atoms with E-state index in [0.717, 1.165) is 11.3 Å². The molecule has 19 heavy (non-hydrogen) atoms. The van der Waals surface area contributed by atoms with E-state index >= 15 is 0 Å². The van der Waals surface area contributed by atoms with Crippen LogP contribution in [0.3, 0.4) is 0 Å². The van der Waals surface area contributed by atoms with Gasteiger partial charge in [-0.25, -0.2) is 14.6 Å². The minimum atomic E-state index is 0.387. The smallest absolute Gasteiger partial charge is 0.164 e. The van der Waals surface area contributed by atoms with Gasteiger partial charge in [0.2, 0.25) is 0 Å². The fourth-order valence-corrected chi connectivity index (χ4v) is 1.97. The van der Waals surface area contributed by atoms with Crippen molar-refractivity contribution in [3.05, 3.63) is 58.5 Å². The highest BCUT2D eigenvalue weighted by atomic mass is 79.9. The van der Waals surface area contributed by atoms with E-state index in [4.69, 9.17) is 11.6 Å². The zero-order valence-corrected chi connectivity index (χ0v) is 12.0. The molecule has 0 aliphatic heterocycles. The molecule has 0 aliphatic rings. The van der Waals surface area contributed by atoms with E-state index in [9.17, 15) is 0 Å². The van der Waals surface area contributed by atoms with Gasteiger partial charge in [-0.05, 0) is 28.1 Å². The van der Waals surface area contributed by atoms with Gasteiger partial charge in [-0.15, -0.1) is 0 Å². The van der Waals surface area contributed by atoms with Crippen molar-refractivity contribution in [2.45, 2.75) is 0 Å². The van der Waals surface area contributed by atoms with E-state index in [-0.39, 0.29) is 0 Å². The zero-order valence-electron chi connectivity index (χ0n) is 9.66. The molecule has 0 bridgehead atoms. The van der Waals surface area contributed by atoms with Crippen LogP contribution in [-0.2, 0) is 0 Å². The molecule has 0 fully saturated rings. The van der Waals surface area contributed by atoms with E-state index in [2.05, 4.69) is 31.0 Å². The van der Waals surface area contributed by atoms with E-state index in [1.165, 1.54) is 0 Å². The summed E-state index contributed by atoms with van der Waals surface area (Å²) in [5, 5.41) is 4.68. The second-order valence-electron chi connectivity index (χ2n) is 3.84. The van der Waals surface area contributed by atoms with Gasteiger partial charge in [-0.2, -0.15) is 5.10 Å². The van der Waals surface area contributed by atoms with Gasteiger partial charge in [0.05, 0.1) is 21.9 Å². The molecule has 0 saturated heterocycles. The number of benzene rings is 1. The average molecular weight is 336 g/mol. The standard InChI is InChI=1S/C13H8BrClN4/c14-11-7-16-13(18-12(11)15)9-6-17-19(8-9)10-4-2-1-3-5-10/h1-8H. The Hall–Kier alpha value is -1.72. The van der Waals surface area contributed by atoms with Gasteiger partial charge in [0.15, 0.2) is 5.82 Å². The van der Waals surface area contributed by atoms with Crippen LogP contribution in [0.5, 0.6) is 0 Å². The number of para-hydroxylation sites is 1. The summed E-state index contributed by atoms with van der Waals surface area (Å²) in [6.07, 6.45) is 5.21. The van der Waals surface area contributed by atoms with Gasteiger partial charge in [-0.3, -0.25) is 0 Å². The number of hydrogen-bond donors (Lipinski definition) is 0. The van der Waals surface area contributed by atoms with Crippen molar-refractivity contribution in [3.8, 4) is 17.1 Å². The van der Waals surface area contributed by atoms with Gasteiger partial charge >= 0.3 is 0 Å². The SMILES string of the molecule is Clc1nc(-c2cnn(-c3ccccc3)c2)ncc1Br. The second-order valence-corrected chi connectivity index (χ2v) is 5.05. The molecule has 0 spiro atoms. The van der Waals surface area contributed by atoms with Crippen molar-refractivity contribution in [3.63, 3.8) is 0 Å². The monoisotopic (exact) mass is 334 g/mol. The van der Waals surface area contributed by atoms with Gasteiger partial charge in [-0.1, -0.05) is 29.8 Å². The van der Waals surface area contributed by atoms with E-state index in [0.29, 0.717) is 15.5 Å². The maximum absolute atomic E-state index is 5.96. The Bertz CT molecular complexity index is 712. The van der Waals surface area contributed by atoms with Crippen molar-refractivity contribution < 1.29 is 0 Å². The highest BCUT2D eigenvalue weighted by Crippen LogP contribution is 2.23. The summed E-state index contributed by atoms with van der Waals surface area (Å²) in [5.41, 5.74) is 1.80. The maximum atomic E-state index is 5.96. The molecule has 0 amide bonds. The summed E-state index contributed by atoms with van der Waals surface area (Å²) < 4.78 is 2.45. The van der Waals surface area contributed by atoms with Crippen molar-refractivity contribution in [1.82, 2.24) is 19.7 Å². The molecule has 0 radical (unpaired) electrons. The highest BCUT2D eigenvalue weighted by molar-refractivity contribution is 9.10. The Labute approximate surface area is 123 Å². The Kier molecular flexibility index (Phi) is 3.31. The molecular formula is C13H8BrClN4. The number of nitrogens with zero attached hydrogens (tertiary/aromatic N) is 4. The van der Waals surface area contributed by atoms with Crippen LogP contribution in [0.2, 0.25) is 5.15 Å². The van der Waals surface area contributed by atoms with E-state index < -0.39 is 0 Å². The van der Waals surface area contributed by atoms with Crippen molar-refractivity contribution in [2.75, 3.05) is 0 Å². The molecule has 94 valence electrons. The first-order valence-electron chi connectivity index (χ1n) is 5.52. The molecule has 0 unspecified atom stereocenters. The lowest BCUT2D eigenvalue weighted by molar-refractivity contribution is 0.880. The third-order valence-electron chi connectivity index (χ3n) is 2.56. The Balaban J connectivity index is 1.99. The number of hydrogen-bond acceptors (Lipinski definition) is 3. The predicted molar refractivity (Wildman–Crippen MR) is 77.3 cm³/mol. The quantitative estimate of drug-likeness (QED) is 0.670. The fraction of sp³-hybridized carbons (Fsp3) is 0. The first-order chi connectivity index (χ1) is 9.24. The number of halogens is 2. The number of aromatic nitrogens is 4. The van der Waals surface area contributed by atoms with Gasteiger partial charge in [0.25, 0.3) is 0 Å². The van der Waals surface area contributed by atoms with Crippen LogP contribution < -0.4 is 0 Å². The molecule has 0 aliphatic carbocycles. The van der Waals surface area contributed by atoms with Gasteiger partial charge in [0.1, 0.15) is 5.15 Å². The van der Waals surface area contributed by atoms with Crippen LogP contribution in [0.25, 0.3) is 17.1 Å². The molecule has 0 saturated carbocycles. The lowest BCUT2D eigenvalue weighted by Gasteiger charge is -2.00. The van der Waals surface area contributed by atoms with E-state index in [1.54, 1.807) is 17.1 Å². The highest BCUT2D eigenvalue weighted by Gasteiger charge is 2.08. The van der Waals surface area contributed by atoms with Crippen LogP contribution in [-0.4, -0.2) is 19.7 Å². The summed E-state index contributed by atoms with van der Waals surface area (Å²) >= 11 is 9.23. The molecule has 0 atom stereocenters.